The maximum Gasteiger partial charge on any atom is 0.251 e. The molecule has 186 valence electrons. The molecule has 0 fully saturated rings. The number of rotatable bonds is 7. The molecule has 0 aliphatic rings. The second-order valence-corrected chi connectivity index (χ2v) is 9.94. The van der Waals surface area contributed by atoms with Crippen LogP contribution >= 0.6 is 11.6 Å². The number of aromatic amines is 1. The van der Waals surface area contributed by atoms with Crippen LogP contribution in [-0.4, -0.2) is 15.9 Å². The molecule has 0 radical (unpaired) electrons. The summed E-state index contributed by atoms with van der Waals surface area (Å²) in [6.45, 7) is 6.22. The maximum absolute atomic E-state index is 13.2. The number of hydrogen-bond donors (Lipinski definition) is 2. The molecule has 4 aromatic carbocycles. The van der Waals surface area contributed by atoms with Crippen molar-refractivity contribution >= 4 is 28.5 Å². The SMILES string of the molecule is CCC[C@@H](NC(=O)c1ccc(-c2cc(Cl)ccc2-c2nc3c(C)cccc3[nH]2)c(C)c1)c1ccccc1. The first-order valence-corrected chi connectivity index (χ1v) is 13.0. The van der Waals surface area contributed by atoms with Gasteiger partial charge in [-0.25, -0.2) is 4.98 Å². The molecule has 0 spiro atoms. The van der Waals surface area contributed by atoms with Gasteiger partial charge in [-0.1, -0.05) is 73.5 Å². The molecule has 1 aromatic heterocycles. The number of halogens is 1. The van der Waals surface area contributed by atoms with Crippen LogP contribution in [0.4, 0.5) is 0 Å². The lowest BCUT2D eigenvalue weighted by Crippen LogP contribution is -2.28. The molecule has 1 heterocycles. The van der Waals surface area contributed by atoms with Gasteiger partial charge in [0.05, 0.1) is 17.1 Å². The maximum atomic E-state index is 13.2. The molecular weight excluding hydrogens is 478 g/mol. The lowest BCUT2D eigenvalue weighted by atomic mass is 9.94. The Hall–Kier alpha value is -3.89. The third-order valence-corrected chi connectivity index (χ3v) is 7.05. The molecule has 5 heteroatoms. The first-order valence-electron chi connectivity index (χ1n) is 12.7. The monoisotopic (exact) mass is 507 g/mol. The number of aromatic nitrogens is 2. The van der Waals surface area contributed by atoms with E-state index in [0.29, 0.717) is 10.6 Å². The second kappa shape index (κ2) is 10.6. The average Bonchev–Trinajstić information content (AvgIpc) is 3.34. The van der Waals surface area contributed by atoms with Crippen LogP contribution < -0.4 is 5.32 Å². The molecule has 5 rings (SSSR count). The lowest BCUT2D eigenvalue weighted by Gasteiger charge is -2.19. The van der Waals surface area contributed by atoms with Crippen LogP contribution in [0.15, 0.2) is 84.9 Å². The molecule has 1 atom stereocenters. The van der Waals surface area contributed by atoms with Gasteiger partial charge in [-0.2, -0.15) is 0 Å². The van der Waals surface area contributed by atoms with Crippen molar-refractivity contribution in [2.24, 2.45) is 0 Å². The Labute approximate surface area is 222 Å². The van der Waals surface area contributed by atoms with Gasteiger partial charge in [0.1, 0.15) is 5.82 Å². The number of imidazole rings is 1. The largest absolute Gasteiger partial charge is 0.345 e. The topological polar surface area (TPSA) is 57.8 Å². The summed E-state index contributed by atoms with van der Waals surface area (Å²) >= 11 is 6.44. The number of hydrogen-bond acceptors (Lipinski definition) is 2. The van der Waals surface area contributed by atoms with Crippen molar-refractivity contribution in [1.82, 2.24) is 15.3 Å². The molecule has 0 saturated carbocycles. The van der Waals surface area contributed by atoms with E-state index in [9.17, 15) is 4.79 Å². The predicted octanol–water partition coefficient (Wildman–Crippen LogP) is 8.44. The van der Waals surface area contributed by atoms with E-state index in [0.717, 1.165) is 63.1 Å². The van der Waals surface area contributed by atoms with E-state index in [1.807, 2.05) is 73.7 Å². The number of carbonyl (C=O) groups is 1. The van der Waals surface area contributed by atoms with Crippen LogP contribution in [0.5, 0.6) is 0 Å². The number of carbonyl (C=O) groups excluding carboxylic acids is 1. The van der Waals surface area contributed by atoms with Gasteiger partial charge in [0.15, 0.2) is 0 Å². The molecule has 2 N–H and O–H groups in total. The van der Waals surface area contributed by atoms with Crippen molar-refractivity contribution in [3.05, 3.63) is 112 Å². The van der Waals surface area contributed by atoms with E-state index in [1.54, 1.807) is 0 Å². The van der Waals surface area contributed by atoms with E-state index >= 15 is 0 Å². The first-order chi connectivity index (χ1) is 17.9. The Bertz CT molecular complexity index is 1570. The summed E-state index contributed by atoms with van der Waals surface area (Å²) in [6.07, 6.45) is 1.87. The highest BCUT2D eigenvalue weighted by atomic mass is 35.5. The number of amides is 1. The van der Waals surface area contributed by atoms with Gasteiger partial charge in [0.2, 0.25) is 0 Å². The molecular formula is C32H30ClN3O. The van der Waals surface area contributed by atoms with E-state index in [1.165, 1.54) is 0 Å². The molecule has 0 aliphatic heterocycles. The van der Waals surface area contributed by atoms with Gasteiger partial charge < -0.3 is 10.3 Å². The molecule has 5 aromatic rings. The summed E-state index contributed by atoms with van der Waals surface area (Å²) in [5.41, 5.74) is 8.79. The van der Waals surface area contributed by atoms with Crippen molar-refractivity contribution < 1.29 is 4.79 Å². The van der Waals surface area contributed by atoms with Crippen LogP contribution in [0.2, 0.25) is 5.02 Å². The van der Waals surface area contributed by atoms with E-state index in [4.69, 9.17) is 16.6 Å². The van der Waals surface area contributed by atoms with Gasteiger partial charge in [-0.15, -0.1) is 0 Å². The summed E-state index contributed by atoms with van der Waals surface area (Å²) in [5, 5.41) is 3.88. The number of nitrogens with one attached hydrogen (secondary N) is 2. The Morgan fingerprint density at radius 3 is 2.41 bits per heavy atom. The van der Waals surface area contributed by atoms with Crippen molar-refractivity contribution in [2.75, 3.05) is 0 Å². The minimum Gasteiger partial charge on any atom is -0.345 e. The minimum atomic E-state index is -0.0731. The summed E-state index contributed by atoms with van der Waals surface area (Å²) in [5.74, 6) is 0.721. The van der Waals surface area contributed by atoms with Crippen molar-refractivity contribution in [2.45, 2.75) is 39.7 Å². The zero-order chi connectivity index (χ0) is 25.9. The van der Waals surface area contributed by atoms with E-state index in [2.05, 4.69) is 42.3 Å². The van der Waals surface area contributed by atoms with Crippen LogP contribution in [0.1, 0.15) is 52.9 Å². The van der Waals surface area contributed by atoms with Crippen molar-refractivity contribution in [1.29, 1.82) is 0 Å². The van der Waals surface area contributed by atoms with Crippen LogP contribution in [0.3, 0.4) is 0 Å². The third-order valence-electron chi connectivity index (χ3n) is 6.81. The third kappa shape index (κ3) is 5.16. The molecule has 0 saturated heterocycles. The normalized spacial score (nSPS) is 12.0. The number of nitrogens with zero attached hydrogens (tertiary/aromatic N) is 1. The quantitative estimate of drug-likeness (QED) is 0.232. The Kier molecular flexibility index (Phi) is 7.11. The highest BCUT2D eigenvalue weighted by Gasteiger charge is 2.18. The molecule has 0 aliphatic carbocycles. The smallest absolute Gasteiger partial charge is 0.251 e. The number of benzene rings is 4. The zero-order valence-electron chi connectivity index (χ0n) is 21.3. The second-order valence-electron chi connectivity index (χ2n) is 9.50. The van der Waals surface area contributed by atoms with Gasteiger partial charge in [0, 0.05) is 16.1 Å². The number of aryl methyl sites for hydroxylation is 2. The van der Waals surface area contributed by atoms with Gasteiger partial charge in [-0.3, -0.25) is 4.79 Å². The summed E-state index contributed by atoms with van der Waals surface area (Å²) in [6, 6.07) is 27.9. The number of para-hydroxylation sites is 1. The van der Waals surface area contributed by atoms with Crippen molar-refractivity contribution in [3.63, 3.8) is 0 Å². The Balaban J connectivity index is 1.48. The average molecular weight is 508 g/mol. The van der Waals surface area contributed by atoms with Crippen LogP contribution in [-0.2, 0) is 0 Å². The molecule has 0 unspecified atom stereocenters. The Morgan fingerprint density at radius 1 is 0.892 bits per heavy atom. The number of H-pyrrole nitrogens is 1. The Morgan fingerprint density at radius 2 is 1.68 bits per heavy atom. The van der Waals surface area contributed by atoms with Crippen LogP contribution in [0.25, 0.3) is 33.5 Å². The van der Waals surface area contributed by atoms with E-state index < -0.39 is 0 Å². The minimum absolute atomic E-state index is 0.0187. The predicted molar refractivity (Wildman–Crippen MR) is 153 cm³/mol. The molecule has 1 amide bonds. The lowest BCUT2D eigenvalue weighted by molar-refractivity contribution is 0.0934. The molecule has 37 heavy (non-hydrogen) atoms. The summed E-state index contributed by atoms with van der Waals surface area (Å²) in [4.78, 5) is 21.6. The number of fused-ring (bicyclic) bond motifs is 1. The molecule has 4 nitrogen and oxygen atoms in total. The first kappa shape index (κ1) is 24.8. The standard InChI is InChI=1S/C32H30ClN3O/c1-4-9-28(22-11-6-5-7-12-22)35-32(37)23-14-16-25(21(3)18-23)27-19-24(33)15-17-26(27)31-34-29-13-8-10-20(2)30(29)36-31/h5-8,10-19,28H,4,9H2,1-3H3,(H,34,36)(H,35,37)/t28-/m1/s1. The fraction of sp³-hybridized carbons (Fsp3) is 0.188. The fourth-order valence-electron chi connectivity index (χ4n) is 4.89. The van der Waals surface area contributed by atoms with Gasteiger partial charge in [0.25, 0.3) is 5.91 Å². The van der Waals surface area contributed by atoms with E-state index in [-0.39, 0.29) is 11.9 Å². The zero-order valence-corrected chi connectivity index (χ0v) is 22.1. The summed E-state index contributed by atoms with van der Waals surface area (Å²) in [7, 11) is 0. The highest BCUT2D eigenvalue weighted by Crippen LogP contribution is 2.36. The van der Waals surface area contributed by atoms with Gasteiger partial charge >= 0.3 is 0 Å². The fourth-order valence-corrected chi connectivity index (χ4v) is 5.07. The van der Waals surface area contributed by atoms with Crippen molar-refractivity contribution in [3.8, 4) is 22.5 Å². The summed E-state index contributed by atoms with van der Waals surface area (Å²) < 4.78 is 0. The van der Waals surface area contributed by atoms with Crippen LogP contribution in [0, 0.1) is 13.8 Å². The highest BCUT2D eigenvalue weighted by molar-refractivity contribution is 6.31. The van der Waals surface area contributed by atoms with Gasteiger partial charge in [-0.05, 0) is 84.5 Å². The molecule has 0 bridgehead atoms.